The van der Waals surface area contributed by atoms with Crippen LogP contribution >= 0.6 is 0 Å². The molecule has 0 radical (unpaired) electrons. The summed E-state index contributed by atoms with van der Waals surface area (Å²) in [6.07, 6.45) is -12.0. The van der Waals surface area contributed by atoms with E-state index in [-0.39, 0.29) is 5.92 Å². The molecule has 0 aromatic heterocycles. The molecule has 12 N–H and O–H groups in total. The fourth-order valence-electron chi connectivity index (χ4n) is 5.71. The molecule has 4 rings (SSSR count). The average molecular weight is 558 g/mol. The highest BCUT2D eigenvalue weighted by Gasteiger charge is 2.52. The van der Waals surface area contributed by atoms with E-state index >= 15 is 0 Å². The van der Waals surface area contributed by atoms with Gasteiger partial charge in [0.25, 0.3) is 0 Å². The summed E-state index contributed by atoms with van der Waals surface area (Å²) < 4.78 is 23.5. The third-order valence-electron chi connectivity index (χ3n) is 8.07. The number of aliphatic hydroxyl groups excluding tert-OH is 6. The molecule has 15 atom stereocenters. The van der Waals surface area contributed by atoms with Gasteiger partial charge in [-0.1, -0.05) is 30.3 Å². The number of aryl methyl sites for hydroxylation is 1. The van der Waals surface area contributed by atoms with Crippen LogP contribution in [0, 0.1) is 5.92 Å². The second-order valence-electron chi connectivity index (χ2n) is 11.0. The highest BCUT2D eigenvalue weighted by atomic mass is 16.7. The number of rotatable bonds is 9. The summed E-state index contributed by atoms with van der Waals surface area (Å²) in [6.45, 7) is 1.03. The van der Waals surface area contributed by atoms with E-state index in [1.807, 2.05) is 30.3 Å². The Hall–Kier alpha value is -1.30. The van der Waals surface area contributed by atoms with Crippen molar-refractivity contribution in [3.63, 3.8) is 0 Å². The Balaban J connectivity index is 1.55. The largest absolute Gasteiger partial charge is 0.394 e. The van der Waals surface area contributed by atoms with E-state index in [0.29, 0.717) is 19.3 Å². The van der Waals surface area contributed by atoms with Gasteiger partial charge >= 0.3 is 0 Å². The summed E-state index contributed by atoms with van der Waals surface area (Å²) in [6, 6.07) is 7.28. The molecular formula is C26H43N3O10. The zero-order valence-corrected chi connectivity index (χ0v) is 21.9. The summed E-state index contributed by atoms with van der Waals surface area (Å²) in [5.74, 6) is -0.309. The van der Waals surface area contributed by atoms with Gasteiger partial charge in [0.2, 0.25) is 0 Å². The number of ether oxygens (including phenoxy) is 4. The summed E-state index contributed by atoms with van der Waals surface area (Å²) >= 11 is 0. The zero-order valence-electron chi connectivity index (χ0n) is 21.9. The van der Waals surface area contributed by atoms with Gasteiger partial charge in [0.15, 0.2) is 12.6 Å². The van der Waals surface area contributed by atoms with Crippen molar-refractivity contribution in [2.45, 2.75) is 112 Å². The second kappa shape index (κ2) is 13.1. The lowest BCUT2D eigenvalue weighted by atomic mass is 9.77. The van der Waals surface area contributed by atoms with Crippen molar-refractivity contribution >= 4 is 0 Å². The van der Waals surface area contributed by atoms with Crippen LogP contribution in [0.25, 0.3) is 0 Å². The van der Waals surface area contributed by atoms with E-state index in [1.165, 1.54) is 0 Å². The molecule has 1 aliphatic carbocycles. The van der Waals surface area contributed by atoms with Gasteiger partial charge in [-0.25, -0.2) is 0 Å². The Morgan fingerprint density at radius 3 is 2.15 bits per heavy atom. The van der Waals surface area contributed by atoms with Gasteiger partial charge in [-0.2, -0.15) is 0 Å². The molecule has 0 amide bonds. The van der Waals surface area contributed by atoms with Gasteiger partial charge in [-0.3, -0.25) is 0 Å². The third kappa shape index (κ3) is 6.62. The Morgan fingerprint density at radius 1 is 0.872 bits per heavy atom. The van der Waals surface area contributed by atoms with Crippen LogP contribution in [-0.4, -0.2) is 123 Å². The van der Waals surface area contributed by atoms with Crippen LogP contribution in [0.3, 0.4) is 0 Å². The van der Waals surface area contributed by atoms with Gasteiger partial charge in [0, 0.05) is 12.1 Å². The number of hydrogen-bond donors (Lipinski definition) is 9. The van der Waals surface area contributed by atoms with E-state index in [2.05, 4.69) is 0 Å². The fraction of sp³-hybridized carbons (Fsp3) is 0.769. The molecule has 1 saturated carbocycles. The predicted molar refractivity (Wildman–Crippen MR) is 137 cm³/mol. The first-order valence-corrected chi connectivity index (χ1v) is 13.5. The summed E-state index contributed by atoms with van der Waals surface area (Å²) in [5.41, 5.74) is 19.6. The summed E-state index contributed by atoms with van der Waals surface area (Å²) in [7, 11) is 0. The van der Waals surface area contributed by atoms with Crippen molar-refractivity contribution in [2.75, 3.05) is 6.61 Å². The molecule has 222 valence electrons. The van der Waals surface area contributed by atoms with E-state index in [4.69, 9.17) is 36.1 Å². The van der Waals surface area contributed by atoms with Crippen LogP contribution in [0.5, 0.6) is 0 Å². The molecule has 0 bridgehead atoms. The van der Waals surface area contributed by atoms with Crippen molar-refractivity contribution in [3.05, 3.63) is 35.9 Å². The molecule has 39 heavy (non-hydrogen) atoms. The third-order valence-corrected chi connectivity index (χ3v) is 8.07. The lowest BCUT2D eigenvalue weighted by Crippen LogP contribution is -2.66. The van der Waals surface area contributed by atoms with Crippen LogP contribution in [0.2, 0.25) is 0 Å². The van der Waals surface area contributed by atoms with Crippen LogP contribution in [0.1, 0.15) is 25.3 Å². The molecule has 1 aromatic rings. The molecule has 3 aliphatic rings. The minimum Gasteiger partial charge on any atom is -0.394 e. The molecule has 13 nitrogen and oxygen atoms in total. The lowest BCUT2D eigenvalue weighted by molar-refractivity contribution is -0.313. The zero-order chi connectivity index (χ0) is 28.4. The lowest BCUT2D eigenvalue weighted by Gasteiger charge is -2.48. The Kier molecular flexibility index (Phi) is 10.3. The highest BCUT2D eigenvalue weighted by Crippen LogP contribution is 2.36. The van der Waals surface area contributed by atoms with Crippen molar-refractivity contribution in [1.82, 2.24) is 0 Å². The van der Waals surface area contributed by atoms with Gasteiger partial charge in [-0.05, 0) is 37.7 Å². The molecule has 13 heteroatoms. The maximum atomic E-state index is 11.5. The standard InChI is InChI=1S/C26H43N3O10/c1-11(27)22-20(34)21(35)26(37-22)39-24-17(31)13(8-7-12-5-3-2-4-6-12)9-14(28)23(24)38-25-16(29)19(33)18(32)15(10-30)36-25/h2-6,11,13-26,30-35H,7-10,27-29H2,1H3/t11-,13+,14?,15?,16?,17?,18+,19+,20+,21?,22+,23+,24+,25+,26-/m0/s1. The quantitative estimate of drug-likeness (QED) is 0.145. The number of benzene rings is 1. The van der Waals surface area contributed by atoms with Gasteiger partial charge in [-0.15, -0.1) is 0 Å². The first-order valence-electron chi connectivity index (χ1n) is 13.5. The molecule has 5 unspecified atom stereocenters. The number of aliphatic hydroxyl groups is 6. The monoisotopic (exact) mass is 557 g/mol. The van der Waals surface area contributed by atoms with Gasteiger partial charge in [0.1, 0.15) is 48.8 Å². The van der Waals surface area contributed by atoms with E-state index in [0.717, 1.165) is 5.56 Å². The Bertz CT molecular complexity index is 898. The fourth-order valence-corrected chi connectivity index (χ4v) is 5.71. The summed E-state index contributed by atoms with van der Waals surface area (Å²) in [4.78, 5) is 0. The first kappa shape index (κ1) is 30.7. The normalized spacial score (nSPS) is 45.8. The predicted octanol–water partition coefficient (Wildman–Crippen LogP) is -3.34. The number of hydrogen-bond acceptors (Lipinski definition) is 13. The van der Waals surface area contributed by atoms with E-state index in [9.17, 15) is 30.6 Å². The first-order chi connectivity index (χ1) is 18.5. The van der Waals surface area contributed by atoms with Crippen molar-refractivity contribution < 1.29 is 49.6 Å². The van der Waals surface area contributed by atoms with Crippen LogP contribution in [0.4, 0.5) is 0 Å². The van der Waals surface area contributed by atoms with Crippen molar-refractivity contribution in [2.24, 2.45) is 23.1 Å². The van der Waals surface area contributed by atoms with Gasteiger partial charge < -0.3 is 66.8 Å². The number of nitrogens with two attached hydrogens (primary N) is 3. The molecule has 1 aromatic carbocycles. The van der Waals surface area contributed by atoms with Gasteiger partial charge in [0.05, 0.1) is 18.8 Å². The van der Waals surface area contributed by atoms with Crippen molar-refractivity contribution in [1.29, 1.82) is 0 Å². The molecule has 2 heterocycles. The highest BCUT2D eigenvalue weighted by molar-refractivity contribution is 5.15. The molecule has 2 saturated heterocycles. The average Bonchev–Trinajstić information content (AvgIpc) is 3.21. The summed E-state index contributed by atoms with van der Waals surface area (Å²) in [5, 5.41) is 62.6. The Labute approximate surface area is 227 Å². The molecule has 0 spiro atoms. The van der Waals surface area contributed by atoms with Crippen molar-refractivity contribution in [3.8, 4) is 0 Å². The maximum absolute atomic E-state index is 11.5. The maximum Gasteiger partial charge on any atom is 0.187 e. The topological polar surface area (TPSA) is 236 Å². The SMILES string of the molecule is C[C@H](N)[C@H]1O[C@@H](O[C@@H]2C(O)[C@H](CCc3ccccc3)CC(N)[C@H]2O[C@H]2OC(CO)[C@@H](O)[C@H](O)C2N)C(O)[C@H]1O. The van der Waals surface area contributed by atoms with Crippen LogP contribution < -0.4 is 17.2 Å². The molecule has 3 fully saturated rings. The smallest absolute Gasteiger partial charge is 0.187 e. The molecular weight excluding hydrogens is 514 g/mol. The van der Waals surface area contributed by atoms with Crippen LogP contribution in [-0.2, 0) is 25.4 Å². The van der Waals surface area contributed by atoms with E-state index in [1.54, 1.807) is 6.92 Å². The van der Waals surface area contributed by atoms with E-state index < -0.39 is 92.2 Å². The molecule has 2 aliphatic heterocycles. The minimum atomic E-state index is -1.45. The second-order valence-corrected chi connectivity index (χ2v) is 11.0. The minimum absolute atomic E-state index is 0.309. The Morgan fingerprint density at radius 2 is 1.54 bits per heavy atom. The van der Waals surface area contributed by atoms with Crippen LogP contribution in [0.15, 0.2) is 30.3 Å².